The summed E-state index contributed by atoms with van der Waals surface area (Å²) in [4.78, 5) is 28.9. The van der Waals surface area contributed by atoms with Gasteiger partial charge in [-0.25, -0.2) is 0 Å². The summed E-state index contributed by atoms with van der Waals surface area (Å²) in [5.41, 5.74) is 2.73. The third-order valence-electron chi connectivity index (χ3n) is 4.99. The van der Waals surface area contributed by atoms with E-state index >= 15 is 0 Å². The van der Waals surface area contributed by atoms with Gasteiger partial charge in [-0.1, -0.05) is 24.3 Å². The first kappa shape index (κ1) is 14.9. The molecule has 1 unspecified atom stereocenters. The Morgan fingerprint density at radius 3 is 2.75 bits per heavy atom. The maximum atomic E-state index is 12.3. The highest BCUT2D eigenvalue weighted by atomic mass is 16.2. The number of carbonyl (C=O) groups excluding carboxylic acids is 2. The summed E-state index contributed by atoms with van der Waals surface area (Å²) in [5.74, 6) is -0.586. The molecular formula is C19H19N3O2. The molecule has 5 heteroatoms. The van der Waals surface area contributed by atoms with Crippen LogP contribution in [0.1, 0.15) is 36.4 Å². The van der Waals surface area contributed by atoms with Gasteiger partial charge in [0.05, 0.1) is 5.92 Å². The Morgan fingerprint density at radius 1 is 1.21 bits per heavy atom. The molecular weight excluding hydrogens is 302 g/mol. The topological polar surface area (TPSA) is 71.1 Å². The first-order valence-corrected chi connectivity index (χ1v) is 8.26. The second-order valence-electron chi connectivity index (χ2n) is 6.61. The van der Waals surface area contributed by atoms with Crippen molar-refractivity contribution in [3.05, 3.63) is 59.9 Å². The lowest BCUT2D eigenvalue weighted by molar-refractivity contribution is -0.125. The fourth-order valence-corrected chi connectivity index (χ4v) is 3.35. The van der Waals surface area contributed by atoms with Crippen LogP contribution < -0.4 is 10.6 Å². The second kappa shape index (κ2) is 5.74. The summed E-state index contributed by atoms with van der Waals surface area (Å²) in [6.45, 7) is 0.582. The van der Waals surface area contributed by atoms with E-state index in [1.807, 2.05) is 42.5 Å². The van der Waals surface area contributed by atoms with Gasteiger partial charge < -0.3 is 10.6 Å². The van der Waals surface area contributed by atoms with Crippen LogP contribution in [0, 0.1) is 0 Å². The molecule has 5 nitrogen and oxygen atoms in total. The minimum Gasteiger partial charge on any atom is -0.355 e. The van der Waals surface area contributed by atoms with Crippen LogP contribution in [-0.2, 0) is 15.0 Å². The Morgan fingerprint density at radius 2 is 2.00 bits per heavy atom. The minimum atomic E-state index is -0.397. The first-order chi connectivity index (χ1) is 11.7. The molecule has 0 bridgehead atoms. The van der Waals surface area contributed by atoms with Crippen molar-refractivity contribution in [2.45, 2.75) is 30.6 Å². The molecule has 122 valence electrons. The summed E-state index contributed by atoms with van der Waals surface area (Å²) in [6, 6.07) is 13.4. The van der Waals surface area contributed by atoms with Gasteiger partial charge in [0.15, 0.2) is 0 Å². The number of para-hydroxylation sites is 1. The fourth-order valence-electron chi connectivity index (χ4n) is 3.35. The molecule has 1 aromatic heterocycles. The quantitative estimate of drug-likeness (QED) is 0.888. The van der Waals surface area contributed by atoms with Crippen LogP contribution in [0.4, 0.5) is 5.69 Å². The Kier molecular flexibility index (Phi) is 3.56. The molecule has 0 spiro atoms. The molecule has 1 aliphatic carbocycles. The van der Waals surface area contributed by atoms with Crippen LogP contribution in [0.5, 0.6) is 0 Å². The van der Waals surface area contributed by atoms with Crippen molar-refractivity contribution < 1.29 is 9.59 Å². The summed E-state index contributed by atoms with van der Waals surface area (Å²) in [7, 11) is 0. The number of rotatable bonds is 5. The van der Waals surface area contributed by atoms with Crippen molar-refractivity contribution in [2.75, 3.05) is 11.9 Å². The Hall–Kier alpha value is -2.69. The van der Waals surface area contributed by atoms with E-state index in [0.717, 1.165) is 29.8 Å². The van der Waals surface area contributed by atoms with Gasteiger partial charge in [0.25, 0.3) is 0 Å². The summed E-state index contributed by atoms with van der Waals surface area (Å²) >= 11 is 0. The van der Waals surface area contributed by atoms with E-state index in [4.69, 9.17) is 0 Å². The molecule has 0 saturated heterocycles. The van der Waals surface area contributed by atoms with Crippen molar-refractivity contribution in [1.29, 1.82) is 0 Å². The molecule has 2 aliphatic rings. The van der Waals surface area contributed by atoms with Crippen molar-refractivity contribution >= 4 is 17.5 Å². The average Bonchev–Trinajstić information content (AvgIpc) is 3.34. The number of benzene rings is 1. The highest BCUT2D eigenvalue weighted by molar-refractivity contribution is 6.04. The van der Waals surface area contributed by atoms with Crippen LogP contribution in [0.15, 0.2) is 48.7 Å². The molecule has 4 rings (SSSR count). The number of carbonyl (C=O) groups is 2. The molecule has 1 aromatic carbocycles. The highest BCUT2D eigenvalue weighted by Crippen LogP contribution is 2.46. The van der Waals surface area contributed by atoms with E-state index in [-0.39, 0.29) is 23.7 Å². The van der Waals surface area contributed by atoms with Crippen LogP contribution in [0.25, 0.3) is 0 Å². The van der Waals surface area contributed by atoms with E-state index in [1.54, 1.807) is 6.20 Å². The molecule has 1 aliphatic heterocycles. The van der Waals surface area contributed by atoms with E-state index < -0.39 is 5.92 Å². The standard InChI is InChI=1S/C19H19N3O2/c23-17(11-14-13-5-1-2-6-15(13)22-18(14)24)21-12-19(8-9-19)16-7-3-4-10-20-16/h1-7,10,14H,8-9,11-12H2,(H,21,23)(H,22,24). The van der Waals surface area contributed by atoms with Gasteiger partial charge in [-0.05, 0) is 36.6 Å². The zero-order chi connectivity index (χ0) is 16.6. The number of amides is 2. The Bertz CT molecular complexity index is 784. The molecule has 2 N–H and O–H groups in total. The zero-order valence-corrected chi connectivity index (χ0v) is 13.3. The Labute approximate surface area is 140 Å². The van der Waals surface area contributed by atoms with Crippen molar-refractivity contribution in [3.8, 4) is 0 Å². The van der Waals surface area contributed by atoms with Gasteiger partial charge in [-0.15, -0.1) is 0 Å². The smallest absolute Gasteiger partial charge is 0.232 e. The number of hydrogen-bond donors (Lipinski definition) is 2. The lowest BCUT2D eigenvalue weighted by atomic mass is 9.96. The maximum absolute atomic E-state index is 12.3. The van der Waals surface area contributed by atoms with Crippen molar-refractivity contribution in [2.24, 2.45) is 0 Å². The van der Waals surface area contributed by atoms with E-state index in [0.29, 0.717) is 6.54 Å². The van der Waals surface area contributed by atoms with Gasteiger partial charge in [0.1, 0.15) is 0 Å². The SMILES string of the molecule is O=C(CC1C(=O)Nc2ccccc21)NCC1(c2ccccn2)CC1. The van der Waals surface area contributed by atoms with Crippen molar-refractivity contribution in [3.63, 3.8) is 0 Å². The second-order valence-corrected chi connectivity index (χ2v) is 6.61. The van der Waals surface area contributed by atoms with E-state index in [2.05, 4.69) is 15.6 Å². The lowest BCUT2D eigenvalue weighted by Crippen LogP contribution is -2.34. The number of anilines is 1. The van der Waals surface area contributed by atoms with Gasteiger partial charge in [-0.3, -0.25) is 14.6 Å². The number of nitrogens with one attached hydrogen (secondary N) is 2. The molecule has 1 atom stereocenters. The monoisotopic (exact) mass is 321 g/mol. The number of nitrogens with zero attached hydrogens (tertiary/aromatic N) is 1. The fraction of sp³-hybridized carbons (Fsp3) is 0.316. The van der Waals surface area contributed by atoms with Crippen LogP contribution in [0.3, 0.4) is 0 Å². The molecule has 0 radical (unpaired) electrons. The van der Waals surface area contributed by atoms with Crippen LogP contribution in [0.2, 0.25) is 0 Å². The van der Waals surface area contributed by atoms with Crippen LogP contribution >= 0.6 is 0 Å². The minimum absolute atomic E-state index is 0.0211. The van der Waals surface area contributed by atoms with Gasteiger partial charge in [-0.2, -0.15) is 0 Å². The third-order valence-corrected chi connectivity index (χ3v) is 4.99. The third kappa shape index (κ3) is 2.66. The predicted molar refractivity (Wildman–Crippen MR) is 90.6 cm³/mol. The molecule has 2 amide bonds. The molecule has 24 heavy (non-hydrogen) atoms. The van der Waals surface area contributed by atoms with E-state index in [1.165, 1.54) is 0 Å². The number of hydrogen-bond acceptors (Lipinski definition) is 3. The lowest BCUT2D eigenvalue weighted by Gasteiger charge is -2.16. The zero-order valence-electron chi connectivity index (χ0n) is 13.3. The van der Waals surface area contributed by atoms with E-state index in [9.17, 15) is 9.59 Å². The van der Waals surface area contributed by atoms with Crippen LogP contribution in [-0.4, -0.2) is 23.3 Å². The number of aromatic nitrogens is 1. The maximum Gasteiger partial charge on any atom is 0.232 e. The number of fused-ring (bicyclic) bond motifs is 1. The molecule has 2 aromatic rings. The van der Waals surface area contributed by atoms with Gasteiger partial charge >= 0.3 is 0 Å². The predicted octanol–water partition coefficient (Wildman–Crippen LogP) is 2.36. The molecule has 2 heterocycles. The summed E-state index contributed by atoms with van der Waals surface area (Å²) in [6.07, 6.45) is 4.05. The van der Waals surface area contributed by atoms with Crippen molar-refractivity contribution in [1.82, 2.24) is 10.3 Å². The van der Waals surface area contributed by atoms with Gasteiger partial charge in [0, 0.05) is 36.0 Å². The molecule has 1 fully saturated rings. The largest absolute Gasteiger partial charge is 0.355 e. The first-order valence-electron chi connectivity index (χ1n) is 8.26. The summed E-state index contributed by atoms with van der Waals surface area (Å²) in [5, 5.41) is 5.84. The number of pyridine rings is 1. The Balaban J connectivity index is 1.39. The highest BCUT2D eigenvalue weighted by Gasteiger charge is 2.45. The normalized spacial score (nSPS) is 20.2. The van der Waals surface area contributed by atoms with Gasteiger partial charge in [0.2, 0.25) is 11.8 Å². The molecule has 1 saturated carbocycles. The average molecular weight is 321 g/mol. The summed E-state index contributed by atoms with van der Waals surface area (Å²) < 4.78 is 0.